The standard InChI is InChI=1S/C15H17BrN4O2/c1-22-8-4-7-17-15(21)13-9-19-14(10-18-13)20-12-6-3-2-5-11(12)16/h2-3,5-6,9-10H,4,7-8H2,1H3,(H,17,21)(H,19,20). The molecule has 0 aliphatic heterocycles. The topological polar surface area (TPSA) is 76.1 Å². The first-order chi connectivity index (χ1) is 10.7. The highest BCUT2D eigenvalue weighted by molar-refractivity contribution is 9.10. The van der Waals surface area contributed by atoms with E-state index < -0.39 is 0 Å². The second kappa shape index (κ2) is 8.45. The van der Waals surface area contributed by atoms with Gasteiger partial charge in [0.05, 0.1) is 18.1 Å². The Morgan fingerprint density at radius 3 is 2.77 bits per heavy atom. The van der Waals surface area contributed by atoms with Crippen molar-refractivity contribution < 1.29 is 9.53 Å². The molecule has 1 heterocycles. The minimum absolute atomic E-state index is 0.240. The molecular weight excluding hydrogens is 348 g/mol. The summed E-state index contributed by atoms with van der Waals surface area (Å²) in [6.07, 6.45) is 3.74. The van der Waals surface area contributed by atoms with Crippen molar-refractivity contribution in [2.24, 2.45) is 0 Å². The van der Waals surface area contributed by atoms with Crippen molar-refractivity contribution in [3.63, 3.8) is 0 Å². The maximum atomic E-state index is 11.8. The predicted octanol–water partition coefficient (Wildman–Crippen LogP) is 2.75. The lowest BCUT2D eigenvalue weighted by Gasteiger charge is -2.08. The van der Waals surface area contributed by atoms with E-state index in [0.29, 0.717) is 19.0 Å². The highest BCUT2D eigenvalue weighted by atomic mass is 79.9. The largest absolute Gasteiger partial charge is 0.385 e. The smallest absolute Gasteiger partial charge is 0.271 e. The predicted molar refractivity (Wildman–Crippen MR) is 88.3 cm³/mol. The summed E-state index contributed by atoms with van der Waals surface area (Å²) < 4.78 is 5.85. The average Bonchev–Trinajstić information content (AvgIpc) is 2.54. The van der Waals surface area contributed by atoms with Gasteiger partial charge in [0.25, 0.3) is 5.91 Å². The van der Waals surface area contributed by atoms with Crippen LogP contribution in [-0.2, 0) is 4.74 Å². The van der Waals surface area contributed by atoms with Crippen LogP contribution in [0.1, 0.15) is 16.9 Å². The maximum Gasteiger partial charge on any atom is 0.271 e. The number of para-hydroxylation sites is 1. The molecular formula is C15H17BrN4O2. The van der Waals surface area contributed by atoms with E-state index in [1.54, 1.807) is 7.11 Å². The summed E-state index contributed by atoms with van der Waals surface area (Å²) in [5.74, 6) is 0.332. The maximum absolute atomic E-state index is 11.8. The zero-order chi connectivity index (χ0) is 15.8. The van der Waals surface area contributed by atoms with Crippen LogP contribution in [0.5, 0.6) is 0 Å². The van der Waals surface area contributed by atoms with Crippen molar-refractivity contribution in [3.05, 3.63) is 46.8 Å². The second-order valence-corrected chi connectivity index (χ2v) is 5.35. The first-order valence-corrected chi connectivity index (χ1v) is 7.60. The monoisotopic (exact) mass is 364 g/mol. The zero-order valence-corrected chi connectivity index (χ0v) is 13.8. The van der Waals surface area contributed by atoms with Crippen LogP contribution in [-0.4, -0.2) is 36.1 Å². The van der Waals surface area contributed by atoms with Crippen molar-refractivity contribution >= 4 is 33.3 Å². The van der Waals surface area contributed by atoms with Crippen LogP contribution >= 0.6 is 15.9 Å². The first-order valence-electron chi connectivity index (χ1n) is 6.81. The number of rotatable bonds is 7. The van der Waals surface area contributed by atoms with Crippen LogP contribution in [0, 0.1) is 0 Å². The van der Waals surface area contributed by atoms with Crippen molar-refractivity contribution in [2.75, 3.05) is 25.6 Å². The van der Waals surface area contributed by atoms with E-state index in [4.69, 9.17) is 4.74 Å². The number of ether oxygens (including phenoxy) is 1. The van der Waals surface area contributed by atoms with Gasteiger partial charge in [-0.15, -0.1) is 0 Å². The third kappa shape index (κ3) is 4.78. The number of halogens is 1. The number of benzene rings is 1. The van der Waals surface area contributed by atoms with Crippen LogP contribution in [0.3, 0.4) is 0 Å². The molecule has 2 N–H and O–H groups in total. The second-order valence-electron chi connectivity index (χ2n) is 4.49. The fraction of sp³-hybridized carbons (Fsp3) is 0.267. The number of anilines is 2. The quantitative estimate of drug-likeness (QED) is 0.738. The SMILES string of the molecule is COCCCNC(=O)c1cnc(Nc2ccccc2Br)cn1. The Balaban J connectivity index is 1.92. The molecule has 2 rings (SSSR count). The molecule has 116 valence electrons. The molecule has 1 aromatic carbocycles. The number of amides is 1. The molecule has 0 aliphatic rings. The van der Waals surface area contributed by atoms with Gasteiger partial charge in [0.1, 0.15) is 11.5 Å². The van der Waals surface area contributed by atoms with Gasteiger partial charge in [-0.1, -0.05) is 12.1 Å². The third-order valence-corrected chi connectivity index (χ3v) is 3.52. The lowest BCUT2D eigenvalue weighted by atomic mass is 10.3. The van der Waals surface area contributed by atoms with Crippen LogP contribution in [0.2, 0.25) is 0 Å². The fourth-order valence-electron chi connectivity index (χ4n) is 1.72. The summed E-state index contributed by atoms with van der Waals surface area (Å²) in [4.78, 5) is 20.2. The van der Waals surface area contributed by atoms with Gasteiger partial charge in [0, 0.05) is 24.7 Å². The summed E-state index contributed by atoms with van der Waals surface area (Å²) >= 11 is 3.45. The Labute approximate surface area is 137 Å². The van der Waals surface area contributed by atoms with Gasteiger partial charge < -0.3 is 15.4 Å². The van der Waals surface area contributed by atoms with Crippen LogP contribution < -0.4 is 10.6 Å². The number of carbonyl (C=O) groups excluding carboxylic acids is 1. The number of hydrogen-bond acceptors (Lipinski definition) is 5. The fourth-order valence-corrected chi connectivity index (χ4v) is 2.10. The molecule has 1 aromatic heterocycles. The summed E-state index contributed by atoms with van der Waals surface area (Å²) in [6, 6.07) is 7.69. The Bertz CT molecular complexity index is 619. The van der Waals surface area contributed by atoms with Gasteiger partial charge in [0.15, 0.2) is 0 Å². The third-order valence-electron chi connectivity index (χ3n) is 2.83. The molecule has 0 bridgehead atoms. The minimum atomic E-state index is -0.240. The Hall–Kier alpha value is -1.99. The highest BCUT2D eigenvalue weighted by Crippen LogP contribution is 2.23. The number of aromatic nitrogens is 2. The Morgan fingerprint density at radius 1 is 1.27 bits per heavy atom. The van der Waals surface area contributed by atoms with Gasteiger partial charge in [-0.2, -0.15) is 0 Å². The van der Waals surface area contributed by atoms with Crippen LogP contribution in [0.25, 0.3) is 0 Å². The number of hydrogen-bond donors (Lipinski definition) is 2. The number of nitrogens with one attached hydrogen (secondary N) is 2. The highest BCUT2D eigenvalue weighted by Gasteiger charge is 2.07. The molecule has 0 atom stereocenters. The van der Waals surface area contributed by atoms with E-state index in [9.17, 15) is 4.79 Å². The molecule has 6 nitrogen and oxygen atoms in total. The van der Waals surface area contributed by atoms with Gasteiger partial charge in [-0.25, -0.2) is 9.97 Å². The molecule has 0 spiro atoms. The lowest BCUT2D eigenvalue weighted by molar-refractivity contribution is 0.0943. The van der Waals surface area contributed by atoms with E-state index in [-0.39, 0.29) is 11.6 Å². The Morgan fingerprint density at radius 2 is 2.09 bits per heavy atom. The van der Waals surface area contributed by atoms with E-state index in [1.807, 2.05) is 24.3 Å². The molecule has 7 heteroatoms. The van der Waals surface area contributed by atoms with Gasteiger partial charge in [-0.05, 0) is 34.5 Å². The van der Waals surface area contributed by atoms with Crippen molar-refractivity contribution in [3.8, 4) is 0 Å². The number of methoxy groups -OCH3 is 1. The molecule has 0 aliphatic carbocycles. The molecule has 0 radical (unpaired) electrons. The summed E-state index contributed by atoms with van der Waals surface area (Å²) in [5.41, 5.74) is 1.17. The van der Waals surface area contributed by atoms with Crippen molar-refractivity contribution in [2.45, 2.75) is 6.42 Å². The molecule has 22 heavy (non-hydrogen) atoms. The van der Waals surface area contributed by atoms with E-state index >= 15 is 0 Å². The average molecular weight is 365 g/mol. The molecule has 0 saturated carbocycles. The van der Waals surface area contributed by atoms with E-state index in [0.717, 1.165) is 16.6 Å². The van der Waals surface area contributed by atoms with Crippen LogP contribution in [0.15, 0.2) is 41.1 Å². The molecule has 0 unspecified atom stereocenters. The molecule has 2 aromatic rings. The van der Waals surface area contributed by atoms with E-state index in [2.05, 4.69) is 36.5 Å². The van der Waals surface area contributed by atoms with Gasteiger partial charge >= 0.3 is 0 Å². The lowest BCUT2D eigenvalue weighted by Crippen LogP contribution is -2.26. The summed E-state index contributed by atoms with van der Waals surface area (Å²) in [7, 11) is 1.63. The Kier molecular flexibility index (Phi) is 6.29. The number of nitrogens with zero attached hydrogens (tertiary/aromatic N) is 2. The van der Waals surface area contributed by atoms with Gasteiger partial charge in [0.2, 0.25) is 0 Å². The van der Waals surface area contributed by atoms with E-state index in [1.165, 1.54) is 12.4 Å². The van der Waals surface area contributed by atoms with Gasteiger partial charge in [-0.3, -0.25) is 4.79 Å². The number of carbonyl (C=O) groups is 1. The normalized spacial score (nSPS) is 10.3. The molecule has 1 amide bonds. The first kappa shape index (κ1) is 16.4. The van der Waals surface area contributed by atoms with Crippen LogP contribution in [0.4, 0.5) is 11.5 Å². The van der Waals surface area contributed by atoms with Crippen molar-refractivity contribution in [1.29, 1.82) is 0 Å². The minimum Gasteiger partial charge on any atom is -0.385 e. The molecule has 0 fully saturated rings. The summed E-state index contributed by atoms with van der Waals surface area (Å²) in [6.45, 7) is 1.16. The van der Waals surface area contributed by atoms with Crippen molar-refractivity contribution in [1.82, 2.24) is 15.3 Å². The summed E-state index contributed by atoms with van der Waals surface area (Å²) in [5, 5.41) is 5.89. The molecule has 0 saturated heterocycles. The zero-order valence-electron chi connectivity index (χ0n) is 12.2.